The van der Waals surface area contributed by atoms with Crippen molar-refractivity contribution in [2.75, 3.05) is 0 Å². The zero-order valence-corrected chi connectivity index (χ0v) is 13.6. The molecule has 0 bridgehead atoms. The third-order valence-electron chi connectivity index (χ3n) is 5.08. The number of nitrogens with two attached hydrogens (primary N) is 1. The van der Waals surface area contributed by atoms with Crippen molar-refractivity contribution in [3.05, 3.63) is 0 Å². The van der Waals surface area contributed by atoms with Gasteiger partial charge in [0.2, 0.25) is 5.91 Å². The van der Waals surface area contributed by atoms with Gasteiger partial charge in [0.25, 0.3) is 0 Å². The minimum Gasteiger partial charge on any atom is -0.352 e. The van der Waals surface area contributed by atoms with Crippen LogP contribution in [0.1, 0.15) is 77.6 Å². The molecule has 2 aliphatic carbocycles. The van der Waals surface area contributed by atoms with Crippen molar-refractivity contribution in [2.24, 2.45) is 11.7 Å². The maximum Gasteiger partial charge on any atom is 0.240 e. The summed E-state index contributed by atoms with van der Waals surface area (Å²) in [5, 5.41) is 3.23. The van der Waals surface area contributed by atoms with Gasteiger partial charge >= 0.3 is 0 Å². The molecule has 0 atom stereocenters. The van der Waals surface area contributed by atoms with Crippen LogP contribution in [0.2, 0.25) is 0 Å². The summed E-state index contributed by atoms with van der Waals surface area (Å²) in [6.07, 6.45) is 12.6. The number of hydrogen-bond donors (Lipinski definition) is 2. The van der Waals surface area contributed by atoms with Crippen molar-refractivity contribution in [1.82, 2.24) is 5.32 Å². The fourth-order valence-electron chi connectivity index (χ4n) is 3.74. The third-order valence-corrected chi connectivity index (χ3v) is 5.08. The van der Waals surface area contributed by atoms with Crippen LogP contribution in [-0.4, -0.2) is 17.5 Å². The molecule has 0 radical (unpaired) electrons. The summed E-state index contributed by atoms with van der Waals surface area (Å²) in [7, 11) is 0. The summed E-state index contributed by atoms with van der Waals surface area (Å²) in [6.45, 7) is 2.26. The molecule has 0 aromatic heterocycles. The standard InChI is InChI=1S/C16H30N2O.ClH/c1-2-6-13-7-9-14(10-8-13)18-15(19)16(17)11-4-3-5-12-16;/h13-14H,2-12,17H2,1H3,(H,18,19);1H. The van der Waals surface area contributed by atoms with E-state index < -0.39 is 5.54 Å². The molecule has 0 saturated heterocycles. The monoisotopic (exact) mass is 302 g/mol. The summed E-state index contributed by atoms with van der Waals surface area (Å²) in [5.74, 6) is 1.01. The van der Waals surface area contributed by atoms with Crippen molar-refractivity contribution in [3.8, 4) is 0 Å². The highest BCUT2D eigenvalue weighted by Crippen LogP contribution is 2.29. The Morgan fingerprint density at radius 1 is 1.15 bits per heavy atom. The lowest BCUT2D eigenvalue weighted by atomic mass is 9.80. The van der Waals surface area contributed by atoms with Crippen molar-refractivity contribution in [2.45, 2.75) is 89.1 Å². The van der Waals surface area contributed by atoms with E-state index in [-0.39, 0.29) is 18.3 Å². The second-order valence-corrected chi connectivity index (χ2v) is 6.70. The number of carbonyl (C=O) groups excluding carboxylic acids is 1. The Kier molecular flexibility index (Phi) is 7.32. The maximum absolute atomic E-state index is 12.4. The Morgan fingerprint density at radius 2 is 1.75 bits per heavy atom. The quantitative estimate of drug-likeness (QED) is 0.834. The van der Waals surface area contributed by atoms with Gasteiger partial charge < -0.3 is 11.1 Å². The summed E-state index contributed by atoms with van der Waals surface area (Å²) in [5.41, 5.74) is 5.71. The van der Waals surface area contributed by atoms with Crippen LogP contribution in [0.15, 0.2) is 0 Å². The first kappa shape index (κ1) is 17.8. The van der Waals surface area contributed by atoms with E-state index in [0.717, 1.165) is 44.4 Å². The van der Waals surface area contributed by atoms with Crippen LogP contribution in [0, 0.1) is 5.92 Å². The van der Waals surface area contributed by atoms with Gasteiger partial charge in [-0.2, -0.15) is 0 Å². The number of nitrogens with one attached hydrogen (secondary N) is 1. The molecule has 0 aliphatic heterocycles. The van der Waals surface area contributed by atoms with Crippen LogP contribution >= 0.6 is 12.4 Å². The molecule has 3 nitrogen and oxygen atoms in total. The third kappa shape index (κ3) is 4.63. The first-order valence-corrected chi connectivity index (χ1v) is 8.24. The molecule has 1 amide bonds. The van der Waals surface area contributed by atoms with E-state index in [1.807, 2.05) is 0 Å². The van der Waals surface area contributed by atoms with Crippen molar-refractivity contribution in [1.29, 1.82) is 0 Å². The fraction of sp³-hybridized carbons (Fsp3) is 0.938. The lowest BCUT2D eigenvalue weighted by Gasteiger charge is -2.35. The zero-order chi connectivity index (χ0) is 13.7. The molecule has 0 spiro atoms. The van der Waals surface area contributed by atoms with Gasteiger partial charge in [-0.05, 0) is 44.4 Å². The van der Waals surface area contributed by atoms with Crippen LogP contribution < -0.4 is 11.1 Å². The van der Waals surface area contributed by atoms with E-state index in [0.29, 0.717) is 6.04 Å². The molecule has 0 aromatic carbocycles. The molecular formula is C16H31ClN2O. The molecule has 2 saturated carbocycles. The van der Waals surface area contributed by atoms with Gasteiger partial charge in [0.1, 0.15) is 0 Å². The Labute approximate surface area is 129 Å². The van der Waals surface area contributed by atoms with Crippen LogP contribution in [0.3, 0.4) is 0 Å². The molecule has 0 aromatic rings. The van der Waals surface area contributed by atoms with Crippen molar-refractivity contribution >= 4 is 18.3 Å². The highest BCUT2D eigenvalue weighted by atomic mass is 35.5. The summed E-state index contributed by atoms with van der Waals surface area (Å²) in [6, 6.07) is 0.378. The van der Waals surface area contributed by atoms with Crippen LogP contribution in [0.5, 0.6) is 0 Å². The normalized spacial score (nSPS) is 29.3. The Balaban J connectivity index is 0.00000200. The lowest BCUT2D eigenvalue weighted by Crippen LogP contribution is -2.57. The Bertz CT molecular complexity index is 295. The first-order valence-electron chi connectivity index (χ1n) is 8.24. The van der Waals surface area contributed by atoms with E-state index >= 15 is 0 Å². The van der Waals surface area contributed by atoms with Crippen molar-refractivity contribution < 1.29 is 4.79 Å². The molecule has 118 valence electrons. The molecular weight excluding hydrogens is 272 g/mol. The second-order valence-electron chi connectivity index (χ2n) is 6.70. The van der Waals surface area contributed by atoms with E-state index in [1.54, 1.807) is 0 Å². The summed E-state index contributed by atoms with van der Waals surface area (Å²) >= 11 is 0. The van der Waals surface area contributed by atoms with Gasteiger partial charge in [0.15, 0.2) is 0 Å². The molecule has 4 heteroatoms. The average Bonchev–Trinajstić information content (AvgIpc) is 2.42. The maximum atomic E-state index is 12.4. The Hall–Kier alpha value is -0.280. The molecule has 3 N–H and O–H groups in total. The molecule has 2 fully saturated rings. The van der Waals surface area contributed by atoms with E-state index in [9.17, 15) is 4.79 Å². The second kappa shape index (κ2) is 8.23. The van der Waals surface area contributed by atoms with Gasteiger partial charge in [0.05, 0.1) is 5.54 Å². The van der Waals surface area contributed by atoms with Crippen molar-refractivity contribution in [3.63, 3.8) is 0 Å². The van der Waals surface area contributed by atoms with Gasteiger partial charge in [0, 0.05) is 6.04 Å². The molecule has 20 heavy (non-hydrogen) atoms. The summed E-state index contributed by atoms with van der Waals surface area (Å²) in [4.78, 5) is 12.4. The molecule has 0 heterocycles. The highest BCUT2D eigenvalue weighted by molar-refractivity contribution is 5.86. The van der Waals surface area contributed by atoms with Gasteiger partial charge in [-0.1, -0.05) is 39.0 Å². The minimum absolute atomic E-state index is 0. The van der Waals surface area contributed by atoms with Crippen LogP contribution in [0.4, 0.5) is 0 Å². The van der Waals surface area contributed by atoms with Crippen LogP contribution in [0.25, 0.3) is 0 Å². The first-order chi connectivity index (χ1) is 9.14. The number of hydrogen-bond acceptors (Lipinski definition) is 2. The predicted molar refractivity (Wildman–Crippen MR) is 86.0 cm³/mol. The Morgan fingerprint density at radius 3 is 2.30 bits per heavy atom. The number of halogens is 1. The number of carbonyl (C=O) groups is 1. The van der Waals surface area contributed by atoms with Gasteiger partial charge in [-0.15, -0.1) is 12.4 Å². The van der Waals surface area contributed by atoms with Gasteiger partial charge in [-0.3, -0.25) is 4.79 Å². The number of rotatable bonds is 4. The predicted octanol–water partition coefficient (Wildman–Crippen LogP) is 3.54. The SMILES string of the molecule is CCCC1CCC(NC(=O)C2(N)CCCCC2)CC1.Cl. The zero-order valence-electron chi connectivity index (χ0n) is 12.8. The molecule has 2 aliphatic rings. The van der Waals surface area contributed by atoms with E-state index in [4.69, 9.17) is 5.73 Å². The minimum atomic E-state index is -0.571. The molecule has 2 rings (SSSR count). The average molecular weight is 303 g/mol. The molecule has 0 unspecified atom stereocenters. The van der Waals surface area contributed by atoms with E-state index in [1.165, 1.54) is 32.1 Å². The van der Waals surface area contributed by atoms with Gasteiger partial charge in [-0.25, -0.2) is 0 Å². The van der Waals surface area contributed by atoms with Crippen LogP contribution in [-0.2, 0) is 4.79 Å². The number of amides is 1. The topological polar surface area (TPSA) is 55.1 Å². The van der Waals surface area contributed by atoms with E-state index in [2.05, 4.69) is 12.2 Å². The fourth-order valence-corrected chi connectivity index (χ4v) is 3.74. The summed E-state index contributed by atoms with van der Waals surface area (Å²) < 4.78 is 0. The lowest BCUT2D eigenvalue weighted by molar-refractivity contribution is -0.128. The highest BCUT2D eigenvalue weighted by Gasteiger charge is 2.36. The smallest absolute Gasteiger partial charge is 0.240 e. The largest absolute Gasteiger partial charge is 0.352 e.